The van der Waals surface area contributed by atoms with E-state index in [2.05, 4.69) is 21.2 Å². The van der Waals surface area contributed by atoms with Gasteiger partial charge in [-0.05, 0) is 56.5 Å². The molecule has 130 valence electrons. The molecule has 0 radical (unpaired) electrons. The quantitative estimate of drug-likeness (QED) is 0.754. The summed E-state index contributed by atoms with van der Waals surface area (Å²) in [5, 5.41) is 8.72. The maximum Gasteiger partial charge on any atom is 0.120 e. The normalized spacial score (nSPS) is 20.2. The number of hydrogen-bond acceptors (Lipinski definition) is 4. The zero-order valence-corrected chi connectivity index (χ0v) is 14.7. The number of hydrogen-bond donors (Lipinski definition) is 1. The van der Waals surface area contributed by atoms with Crippen LogP contribution in [0, 0.1) is 0 Å². The summed E-state index contributed by atoms with van der Waals surface area (Å²) in [6.07, 6.45) is 5.52. The summed E-state index contributed by atoms with van der Waals surface area (Å²) in [5.41, 5.74) is 4.18. The van der Waals surface area contributed by atoms with Crippen molar-refractivity contribution < 1.29 is 9.47 Å². The molecule has 0 bridgehead atoms. The molecule has 1 aliphatic carbocycles. The van der Waals surface area contributed by atoms with Crippen LogP contribution in [0.1, 0.15) is 37.8 Å². The van der Waals surface area contributed by atoms with E-state index in [4.69, 9.17) is 9.47 Å². The van der Waals surface area contributed by atoms with E-state index in [0.29, 0.717) is 18.6 Å². The third kappa shape index (κ3) is 3.12. The molecule has 25 heavy (non-hydrogen) atoms. The van der Waals surface area contributed by atoms with Gasteiger partial charge in [-0.1, -0.05) is 0 Å². The number of aromatic amines is 1. The van der Waals surface area contributed by atoms with Crippen LogP contribution in [0.4, 0.5) is 0 Å². The SMILES string of the molecule is CCOc1ccc2[nH]nc(-c3ccnc(C4CC[C@H](OC)C4)c3)c2c1. The molecule has 1 fully saturated rings. The third-order valence-electron chi connectivity index (χ3n) is 5.04. The highest BCUT2D eigenvalue weighted by molar-refractivity contribution is 5.93. The van der Waals surface area contributed by atoms with Crippen LogP contribution < -0.4 is 4.74 Å². The number of H-pyrrole nitrogens is 1. The molecule has 0 saturated heterocycles. The lowest BCUT2D eigenvalue weighted by Crippen LogP contribution is -2.05. The van der Waals surface area contributed by atoms with Crippen LogP contribution in [-0.2, 0) is 4.74 Å². The predicted molar refractivity (Wildman–Crippen MR) is 97.9 cm³/mol. The summed E-state index contributed by atoms with van der Waals surface area (Å²) in [6.45, 7) is 2.64. The van der Waals surface area contributed by atoms with Crippen molar-refractivity contribution in [2.45, 2.75) is 38.2 Å². The van der Waals surface area contributed by atoms with Gasteiger partial charge in [0.15, 0.2) is 0 Å². The van der Waals surface area contributed by atoms with Gasteiger partial charge >= 0.3 is 0 Å². The lowest BCUT2D eigenvalue weighted by atomic mass is 10.00. The summed E-state index contributed by atoms with van der Waals surface area (Å²) in [6, 6.07) is 10.2. The van der Waals surface area contributed by atoms with Crippen LogP contribution in [0.3, 0.4) is 0 Å². The first-order valence-corrected chi connectivity index (χ1v) is 8.88. The fourth-order valence-electron chi connectivity index (χ4n) is 3.71. The van der Waals surface area contributed by atoms with Gasteiger partial charge in [-0.25, -0.2) is 0 Å². The number of aromatic nitrogens is 3. The van der Waals surface area contributed by atoms with Crippen molar-refractivity contribution in [2.24, 2.45) is 0 Å². The average Bonchev–Trinajstić information content (AvgIpc) is 3.29. The second-order valence-corrected chi connectivity index (χ2v) is 6.55. The van der Waals surface area contributed by atoms with Crippen LogP contribution in [0.15, 0.2) is 36.5 Å². The van der Waals surface area contributed by atoms with Gasteiger partial charge in [0.05, 0.1) is 18.2 Å². The number of rotatable bonds is 5. The first-order chi connectivity index (χ1) is 12.3. The zero-order chi connectivity index (χ0) is 17.2. The van der Waals surface area contributed by atoms with Crippen molar-refractivity contribution in [3.63, 3.8) is 0 Å². The molecule has 2 heterocycles. The van der Waals surface area contributed by atoms with Crippen molar-refractivity contribution in [2.75, 3.05) is 13.7 Å². The highest BCUT2D eigenvalue weighted by Crippen LogP contribution is 2.36. The molecule has 2 aromatic heterocycles. The molecule has 0 spiro atoms. The van der Waals surface area contributed by atoms with E-state index < -0.39 is 0 Å². The minimum atomic E-state index is 0.357. The van der Waals surface area contributed by atoms with Crippen LogP contribution in [0.5, 0.6) is 5.75 Å². The van der Waals surface area contributed by atoms with Gasteiger partial charge in [0.25, 0.3) is 0 Å². The standard InChI is InChI=1S/C20H23N3O2/c1-3-25-16-6-7-18-17(12-16)20(23-22-18)14-8-9-21-19(11-14)13-4-5-15(10-13)24-2/h6-9,11-13,15H,3-5,10H2,1-2H3,(H,22,23)/t13?,15-/m0/s1. The summed E-state index contributed by atoms with van der Waals surface area (Å²) >= 11 is 0. The molecule has 0 amide bonds. The minimum Gasteiger partial charge on any atom is -0.494 e. The zero-order valence-electron chi connectivity index (χ0n) is 14.7. The number of methoxy groups -OCH3 is 1. The van der Waals surface area contributed by atoms with Gasteiger partial charge in [-0.2, -0.15) is 5.10 Å². The van der Waals surface area contributed by atoms with E-state index in [1.807, 2.05) is 37.4 Å². The smallest absolute Gasteiger partial charge is 0.120 e. The van der Waals surface area contributed by atoms with E-state index in [0.717, 1.165) is 52.9 Å². The van der Waals surface area contributed by atoms with Crippen LogP contribution in [0.2, 0.25) is 0 Å². The average molecular weight is 337 g/mol. The first kappa shape index (κ1) is 16.1. The van der Waals surface area contributed by atoms with Crippen molar-refractivity contribution in [1.29, 1.82) is 0 Å². The Hall–Kier alpha value is -2.40. The van der Waals surface area contributed by atoms with Gasteiger partial charge in [0, 0.05) is 35.9 Å². The Morgan fingerprint density at radius 3 is 2.92 bits per heavy atom. The molecular weight excluding hydrogens is 314 g/mol. The van der Waals surface area contributed by atoms with Gasteiger partial charge in [0.1, 0.15) is 11.4 Å². The van der Waals surface area contributed by atoms with Gasteiger partial charge in [-0.15, -0.1) is 0 Å². The monoisotopic (exact) mass is 337 g/mol. The molecule has 5 heteroatoms. The second kappa shape index (κ2) is 6.84. The Labute approximate surface area is 147 Å². The van der Waals surface area contributed by atoms with Gasteiger partial charge in [-0.3, -0.25) is 10.1 Å². The van der Waals surface area contributed by atoms with Crippen molar-refractivity contribution in [3.8, 4) is 17.0 Å². The van der Waals surface area contributed by atoms with Gasteiger partial charge < -0.3 is 9.47 Å². The van der Waals surface area contributed by atoms with Crippen LogP contribution >= 0.6 is 0 Å². The van der Waals surface area contributed by atoms with Crippen LogP contribution in [0.25, 0.3) is 22.2 Å². The van der Waals surface area contributed by atoms with Gasteiger partial charge in [0.2, 0.25) is 0 Å². The Kier molecular flexibility index (Phi) is 4.40. The van der Waals surface area contributed by atoms with Crippen molar-refractivity contribution in [3.05, 3.63) is 42.2 Å². The number of ether oxygens (including phenoxy) is 2. The molecule has 1 aliphatic rings. The molecule has 2 atom stereocenters. The number of nitrogens with zero attached hydrogens (tertiary/aromatic N) is 2. The maximum absolute atomic E-state index is 5.64. The molecule has 4 rings (SSSR count). The summed E-state index contributed by atoms with van der Waals surface area (Å²) < 4.78 is 11.1. The summed E-state index contributed by atoms with van der Waals surface area (Å²) in [7, 11) is 1.79. The Balaban J connectivity index is 1.69. The molecule has 1 saturated carbocycles. The lowest BCUT2D eigenvalue weighted by molar-refractivity contribution is 0.108. The van der Waals surface area contributed by atoms with Crippen molar-refractivity contribution >= 4 is 10.9 Å². The number of nitrogens with one attached hydrogen (secondary N) is 1. The Bertz CT molecular complexity index is 874. The summed E-state index contributed by atoms with van der Waals surface area (Å²) in [4.78, 5) is 4.61. The second-order valence-electron chi connectivity index (χ2n) is 6.55. The minimum absolute atomic E-state index is 0.357. The number of benzene rings is 1. The lowest BCUT2D eigenvalue weighted by Gasteiger charge is -2.11. The van der Waals surface area contributed by atoms with E-state index in [1.165, 1.54) is 0 Å². The van der Waals surface area contributed by atoms with E-state index in [-0.39, 0.29) is 0 Å². The topological polar surface area (TPSA) is 60.0 Å². The van der Waals surface area contributed by atoms with Crippen molar-refractivity contribution in [1.82, 2.24) is 15.2 Å². The molecule has 1 unspecified atom stereocenters. The maximum atomic E-state index is 5.64. The fraction of sp³-hybridized carbons (Fsp3) is 0.400. The van der Waals surface area contributed by atoms with E-state index in [1.54, 1.807) is 7.11 Å². The predicted octanol–water partition coefficient (Wildman–Crippen LogP) is 4.31. The number of fused-ring (bicyclic) bond motifs is 1. The largest absolute Gasteiger partial charge is 0.494 e. The molecule has 0 aliphatic heterocycles. The Morgan fingerprint density at radius 1 is 1.20 bits per heavy atom. The highest BCUT2D eigenvalue weighted by Gasteiger charge is 2.27. The van der Waals surface area contributed by atoms with E-state index >= 15 is 0 Å². The molecule has 1 N–H and O–H groups in total. The highest BCUT2D eigenvalue weighted by atomic mass is 16.5. The third-order valence-corrected chi connectivity index (χ3v) is 5.04. The summed E-state index contributed by atoms with van der Waals surface area (Å²) in [5.74, 6) is 1.33. The molecular formula is C20H23N3O2. The molecule has 3 aromatic rings. The molecule has 1 aromatic carbocycles. The van der Waals surface area contributed by atoms with E-state index in [9.17, 15) is 0 Å². The fourth-order valence-corrected chi connectivity index (χ4v) is 3.71. The van der Waals surface area contributed by atoms with Crippen LogP contribution in [-0.4, -0.2) is 35.0 Å². The molecule has 5 nitrogen and oxygen atoms in total. The Morgan fingerprint density at radius 2 is 2.12 bits per heavy atom. The number of pyridine rings is 1. The first-order valence-electron chi connectivity index (χ1n) is 8.88.